The van der Waals surface area contributed by atoms with Gasteiger partial charge in [0.1, 0.15) is 12.7 Å². The van der Waals surface area contributed by atoms with Gasteiger partial charge in [0.15, 0.2) is 0 Å². The summed E-state index contributed by atoms with van der Waals surface area (Å²) in [7, 11) is 4.18. The lowest BCUT2D eigenvalue weighted by Crippen LogP contribution is -2.72. The molecule has 0 unspecified atom stereocenters. The Morgan fingerprint density at radius 1 is 0.724 bits per heavy atom. The first kappa shape index (κ1) is 41.2. The highest BCUT2D eigenvalue weighted by molar-refractivity contribution is 8.04. The third-order valence-corrected chi connectivity index (χ3v) is 13.2. The number of hydrogen-bond acceptors (Lipinski definition) is 6. The Morgan fingerprint density at radius 3 is 2.07 bits per heavy atom. The molecule has 0 bridgehead atoms. The first-order valence-electron chi connectivity index (χ1n) is 20.8. The number of quaternary nitrogens is 1. The van der Waals surface area contributed by atoms with Gasteiger partial charge in [-0.25, -0.2) is 9.98 Å². The van der Waals surface area contributed by atoms with Crippen molar-refractivity contribution in [2.75, 3.05) is 37.8 Å². The lowest BCUT2D eigenvalue weighted by Gasteiger charge is -2.21. The molecule has 0 saturated heterocycles. The predicted octanol–water partition coefficient (Wildman–Crippen LogP) is 11.8. The minimum absolute atomic E-state index is 0.999. The zero-order valence-corrected chi connectivity index (χ0v) is 36.6. The number of para-hydroxylation sites is 2. The summed E-state index contributed by atoms with van der Waals surface area (Å²) in [6.45, 7) is 10.8. The van der Waals surface area contributed by atoms with Crippen LogP contribution in [0.1, 0.15) is 68.6 Å². The van der Waals surface area contributed by atoms with Crippen LogP contribution in [0.2, 0.25) is 0 Å². The van der Waals surface area contributed by atoms with E-state index >= 15 is 0 Å². The number of thioether (sulfide) groups is 1. The molecule has 4 aromatic carbocycles. The average Bonchev–Trinajstić information content (AvgIpc) is 3.23. The standard InChI is InChI=1S/C43H47N5S2.C7H9N/c1-28-17-18-40-35(21-28)46-36-22-29(2)33(25-41(36)49-40)44-19-13-8-6-7-9-14-20-45-34-26-42-37(23-30(34)3)47-38-24-31(4)39(27-43(38)50-42)48(5)32-15-11-10-12-16-32;1-8-7-5-3-2-4-6-7/h10-12,15-16,18,21-27,44H,6-9,13-14,17,19-20H2,1-5H3;2-6,8H,1H3/p+2. The first-order valence-corrected chi connectivity index (χ1v) is 22.5. The van der Waals surface area contributed by atoms with Gasteiger partial charge in [0.25, 0.3) is 0 Å². The summed E-state index contributed by atoms with van der Waals surface area (Å²) in [5, 5.41) is 10.7. The monoisotopic (exact) mass is 806 g/mol. The van der Waals surface area contributed by atoms with Crippen molar-refractivity contribution in [3.05, 3.63) is 142 Å². The van der Waals surface area contributed by atoms with Crippen molar-refractivity contribution in [3.8, 4) is 10.6 Å². The van der Waals surface area contributed by atoms with E-state index in [2.05, 4.69) is 146 Å². The number of aromatic nitrogens is 1. The average molecular weight is 807 g/mol. The van der Waals surface area contributed by atoms with Crippen LogP contribution in [-0.2, 0) is 0 Å². The van der Waals surface area contributed by atoms with Crippen molar-refractivity contribution in [2.45, 2.75) is 77.5 Å². The maximum absolute atomic E-state index is 5.07. The quantitative estimate of drug-likeness (QED) is 0.0471. The van der Waals surface area contributed by atoms with Crippen LogP contribution in [0.25, 0.3) is 20.8 Å². The fourth-order valence-corrected chi connectivity index (χ4v) is 9.50. The van der Waals surface area contributed by atoms with Crippen molar-refractivity contribution in [1.29, 1.82) is 0 Å². The van der Waals surface area contributed by atoms with Gasteiger partial charge in [-0.15, -0.1) is 11.3 Å². The lowest BCUT2D eigenvalue weighted by atomic mass is 10.1. The molecule has 0 aromatic heterocycles. The van der Waals surface area contributed by atoms with E-state index in [1.807, 2.05) is 48.3 Å². The van der Waals surface area contributed by atoms with Crippen molar-refractivity contribution in [2.24, 2.45) is 4.99 Å². The number of aryl methyl sites for hydroxylation is 3. The molecule has 298 valence electrons. The third kappa shape index (κ3) is 10.3. The number of hydrogen-bond donors (Lipinski definition) is 3. The van der Waals surface area contributed by atoms with Crippen LogP contribution in [-0.4, -0.2) is 37.9 Å². The highest BCUT2D eigenvalue weighted by Crippen LogP contribution is 2.44. The molecule has 0 atom stereocenters. The molecule has 6 nitrogen and oxygen atoms in total. The number of aliphatic imine (C=N–C) groups is 1. The van der Waals surface area contributed by atoms with Crippen LogP contribution in [0.3, 0.4) is 0 Å². The molecule has 2 aliphatic carbocycles. The van der Waals surface area contributed by atoms with E-state index < -0.39 is 0 Å². The van der Waals surface area contributed by atoms with Crippen LogP contribution >= 0.6 is 23.1 Å². The minimum Gasteiger partial charge on any atom is -0.385 e. The Morgan fingerprint density at radius 2 is 1.38 bits per heavy atom. The maximum atomic E-state index is 5.07. The zero-order valence-electron chi connectivity index (χ0n) is 35.0. The van der Waals surface area contributed by atoms with E-state index in [-0.39, 0.29) is 0 Å². The number of allylic oxidation sites excluding steroid dienone is 4. The van der Waals surface area contributed by atoms with E-state index in [0.29, 0.717) is 0 Å². The van der Waals surface area contributed by atoms with E-state index in [1.165, 1.54) is 108 Å². The predicted molar refractivity (Wildman–Crippen MR) is 252 cm³/mol. The third-order valence-electron chi connectivity index (χ3n) is 10.9. The second kappa shape index (κ2) is 19.6. The number of nitrogens with one attached hydrogen (secondary N) is 2. The zero-order chi connectivity index (χ0) is 40.4. The molecule has 8 rings (SSSR count). The van der Waals surface area contributed by atoms with Crippen molar-refractivity contribution in [3.63, 3.8) is 0 Å². The minimum atomic E-state index is 0.999. The smallest absolute Gasteiger partial charge is 0.209 e. The van der Waals surface area contributed by atoms with Gasteiger partial charge in [-0.2, -0.15) is 4.58 Å². The Balaban J connectivity index is 0.000000573. The summed E-state index contributed by atoms with van der Waals surface area (Å²) in [6, 6.07) is 34.4. The number of nitrogens with zero attached hydrogens (tertiary/aromatic N) is 3. The van der Waals surface area contributed by atoms with Crippen molar-refractivity contribution in [1.82, 2.24) is 9.56 Å². The summed E-state index contributed by atoms with van der Waals surface area (Å²) in [5.41, 5.74) is 14.4. The van der Waals surface area contributed by atoms with Gasteiger partial charge in [0.2, 0.25) is 11.0 Å². The van der Waals surface area contributed by atoms with Crippen LogP contribution < -0.4 is 25.9 Å². The molecule has 0 radical (unpaired) electrons. The van der Waals surface area contributed by atoms with Gasteiger partial charge in [0, 0.05) is 58.0 Å². The number of anilines is 2. The number of fused-ring (bicyclic) bond motifs is 4. The van der Waals surface area contributed by atoms with Gasteiger partial charge < -0.3 is 16.0 Å². The highest BCUT2D eigenvalue weighted by Gasteiger charge is 2.20. The second-order valence-electron chi connectivity index (χ2n) is 15.5. The number of rotatable bonds is 13. The molecule has 0 spiro atoms. The number of nitrogens with two attached hydrogens (primary N) is 1. The van der Waals surface area contributed by atoms with Gasteiger partial charge >= 0.3 is 0 Å². The molecule has 4 aromatic rings. The van der Waals surface area contributed by atoms with Crippen LogP contribution in [0.4, 0.5) is 28.4 Å². The first-order chi connectivity index (χ1) is 28.2. The topological polar surface area (TPSA) is 68.9 Å². The Kier molecular flexibility index (Phi) is 13.9. The van der Waals surface area contributed by atoms with E-state index in [4.69, 9.17) is 9.98 Å². The normalized spacial score (nSPS) is 13.7. The number of benzene rings is 5. The Bertz CT molecular complexity index is 2500. The van der Waals surface area contributed by atoms with Gasteiger partial charge in [-0.3, -0.25) is 0 Å². The van der Waals surface area contributed by atoms with Crippen LogP contribution in [0.5, 0.6) is 0 Å². The summed E-state index contributed by atoms with van der Waals surface area (Å²) in [4.78, 5) is 13.8. The summed E-state index contributed by atoms with van der Waals surface area (Å²) < 4.78 is 3.48. The number of unbranched alkanes of at least 4 members (excludes halogenated alkanes) is 5. The van der Waals surface area contributed by atoms with Gasteiger partial charge in [-0.05, 0) is 107 Å². The molecule has 8 heteroatoms. The maximum Gasteiger partial charge on any atom is 0.209 e. The molecule has 0 saturated carbocycles. The van der Waals surface area contributed by atoms with Gasteiger partial charge in [-0.1, -0.05) is 85.5 Å². The molecule has 0 fully saturated rings. The molecular weight excluding hydrogens is 749 g/mol. The van der Waals surface area contributed by atoms with Crippen LogP contribution in [0.15, 0.2) is 130 Å². The fourth-order valence-electron chi connectivity index (χ4n) is 7.50. The van der Waals surface area contributed by atoms with Gasteiger partial charge in [0.05, 0.1) is 39.2 Å². The van der Waals surface area contributed by atoms with E-state index in [1.54, 1.807) is 0 Å². The molecule has 2 heterocycles. The molecule has 0 amide bonds. The van der Waals surface area contributed by atoms with E-state index in [9.17, 15) is 0 Å². The lowest BCUT2D eigenvalue weighted by molar-refractivity contribution is -0.539. The molecule has 4 N–H and O–H groups in total. The summed E-state index contributed by atoms with van der Waals surface area (Å²) in [5.74, 6) is 0. The van der Waals surface area contributed by atoms with Crippen molar-refractivity contribution >= 4 is 67.5 Å². The molecular formula is C50H58N6S2+2. The Labute approximate surface area is 353 Å². The second-order valence-corrected chi connectivity index (χ2v) is 17.7. The SMILES string of the molecule is CC1=CC2=Nc3cc(C)c(NCCCCCCCCNc4cc5sc6cc(=[N+](C)c7ccccc7)c(C)cc-6nc5cc4C)cc3SC2=CC1.C[NH2+]c1ccccc1. The fraction of sp³-hybridized carbons (Fsp3) is 0.300. The highest BCUT2D eigenvalue weighted by atomic mass is 32.2. The molecule has 4 aliphatic rings. The summed E-state index contributed by atoms with van der Waals surface area (Å²) in [6.07, 6.45) is 13.1. The molecule has 2 aliphatic heterocycles. The van der Waals surface area contributed by atoms with E-state index in [0.717, 1.165) is 42.1 Å². The Hall–Kier alpha value is -5.02. The van der Waals surface area contributed by atoms with Crippen LogP contribution in [0, 0.1) is 20.8 Å². The largest absolute Gasteiger partial charge is 0.385 e. The van der Waals surface area contributed by atoms with Crippen molar-refractivity contribution < 1.29 is 5.32 Å². The molecule has 58 heavy (non-hydrogen) atoms. The summed E-state index contributed by atoms with van der Waals surface area (Å²) >= 11 is 3.69.